The average Bonchev–Trinajstić information content (AvgIpc) is 2.73. The molecule has 1 atom stereocenters. The molecule has 6 heteroatoms. The van der Waals surface area contributed by atoms with Gasteiger partial charge in [0.15, 0.2) is 11.6 Å². The third-order valence-corrected chi connectivity index (χ3v) is 6.42. The minimum absolute atomic E-state index is 0.0444. The van der Waals surface area contributed by atoms with Gasteiger partial charge in [0, 0.05) is 16.8 Å². The Morgan fingerprint density at radius 3 is 2.35 bits per heavy atom. The van der Waals surface area contributed by atoms with E-state index in [1.54, 1.807) is 25.1 Å². The Hall–Kier alpha value is -3.17. The number of nitrogens with one attached hydrogen (secondary N) is 1. The summed E-state index contributed by atoms with van der Waals surface area (Å²) >= 11 is 1.24. The highest BCUT2D eigenvalue weighted by Gasteiger charge is 2.33. The van der Waals surface area contributed by atoms with E-state index in [0.29, 0.717) is 33.0 Å². The Bertz CT molecular complexity index is 1160. The third-order valence-electron chi connectivity index (χ3n) is 5.41. The molecular weight excluding hydrogens is 411 g/mol. The van der Waals surface area contributed by atoms with Gasteiger partial charge in [-0.15, -0.1) is 0 Å². The quantitative estimate of drug-likeness (QED) is 0.621. The molecule has 0 saturated carbocycles. The molecular formula is C25H23FN2O2S. The van der Waals surface area contributed by atoms with Gasteiger partial charge in [-0.2, -0.15) is 5.26 Å². The first-order chi connectivity index (χ1) is 14.7. The maximum Gasteiger partial charge on any atom is 0.173 e. The lowest BCUT2D eigenvalue weighted by Crippen LogP contribution is -2.27. The first-order valence-corrected chi connectivity index (χ1v) is 10.8. The smallest absolute Gasteiger partial charge is 0.173 e. The van der Waals surface area contributed by atoms with Crippen molar-refractivity contribution in [3.63, 3.8) is 0 Å². The zero-order valence-electron chi connectivity index (χ0n) is 17.9. The zero-order chi connectivity index (χ0) is 22.7. The lowest BCUT2D eigenvalue weighted by Gasteiger charge is -2.29. The number of dihydropyridines is 1. The Kier molecular flexibility index (Phi) is 6.77. The van der Waals surface area contributed by atoms with Gasteiger partial charge in [-0.1, -0.05) is 36.0 Å². The number of nitriles is 1. The largest absolute Gasteiger partial charge is 0.353 e. The molecule has 1 heterocycles. The number of rotatable bonds is 6. The van der Waals surface area contributed by atoms with E-state index in [-0.39, 0.29) is 23.1 Å². The number of allylic oxidation sites excluding steroid dienone is 3. The molecule has 4 nitrogen and oxygen atoms in total. The van der Waals surface area contributed by atoms with Crippen LogP contribution in [0.15, 0.2) is 64.3 Å². The molecule has 1 unspecified atom stereocenters. The second-order valence-corrected chi connectivity index (χ2v) is 8.56. The van der Waals surface area contributed by atoms with E-state index in [2.05, 4.69) is 11.4 Å². The number of benzene rings is 2. The molecule has 3 rings (SSSR count). The number of hydrogen-bond acceptors (Lipinski definition) is 5. The fourth-order valence-corrected chi connectivity index (χ4v) is 4.60. The van der Waals surface area contributed by atoms with Crippen LogP contribution in [-0.2, 0) is 4.79 Å². The summed E-state index contributed by atoms with van der Waals surface area (Å²) in [5.74, 6) is -1.06. The average molecular weight is 435 g/mol. The van der Waals surface area contributed by atoms with Gasteiger partial charge in [0.25, 0.3) is 0 Å². The molecule has 0 spiro atoms. The van der Waals surface area contributed by atoms with Crippen molar-refractivity contribution in [3.8, 4) is 6.07 Å². The monoisotopic (exact) mass is 434 g/mol. The molecule has 2 aromatic carbocycles. The van der Waals surface area contributed by atoms with Gasteiger partial charge >= 0.3 is 0 Å². The van der Waals surface area contributed by atoms with Crippen molar-refractivity contribution in [3.05, 3.63) is 92.4 Å². The molecule has 2 aromatic rings. The number of thioether (sulfide) groups is 1. The van der Waals surface area contributed by atoms with Crippen LogP contribution in [0.5, 0.6) is 0 Å². The van der Waals surface area contributed by atoms with Crippen molar-refractivity contribution in [1.82, 2.24) is 5.32 Å². The summed E-state index contributed by atoms with van der Waals surface area (Å²) in [6, 6.07) is 13.6. The number of aryl methyl sites for hydroxylation is 2. The molecule has 31 heavy (non-hydrogen) atoms. The molecule has 0 radical (unpaired) electrons. The van der Waals surface area contributed by atoms with E-state index in [1.807, 2.05) is 26.0 Å². The fraction of sp³-hybridized carbons (Fsp3) is 0.240. The summed E-state index contributed by atoms with van der Waals surface area (Å²) in [4.78, 5) is 25.1. The molecule has 1 N–H and O–H groups in total. The van der Waals surface area contributed by atoms with Gasteiger partial charge in [-0.3, -0.25) is 9.59 Å². The van der Waals surface area contributed by atoms with E-state index >= 15 is 0 Å². The topological polar surface area (TPSA) is 70.0 Å². The highest BCUT2D eigenvalue weighted by molar-refractivity contribution is 8.03. The number of nitrogens with zero attached hydrogens (tertiary/aromatic N) is 1. The van der Waals surface area contributed by atoms with E-state index < -0.39 is 5.92 Å². The summed E-state index contributed by atoms with van der Waals surface area (Å²) in [6.07, 6.45) is 0. The second-order valence-electron chi connectivity index (χ2n) is 7.57. The number of halogens is 1. The minimum Gasteiger partial charge on any atom is -0.353 e. The van der Waals surface area contributed by atoms with E-state index in [1.165, 1.54) is 30.8 Å². The number of Topliss-reactive ketones (excluding diaryl/α,β-unsaturated/α-hetero) is 2. The summed E-state index contributed by atoms with van der Waals surface area (Å²) in [5.41, 5.74) is 4.88. The molecule has 0 saturated heterocycles. The Balaban J connectivity index is 1.94. The predicted octanol–water partition coefficient (Wildman–Crippen LogP) is 5.34. The fourth-order valence-electron chi connectivity index (χ4n) is 3.62. The van der Waals surface area contributed by atoms with Gasteiger partial charge in [-0.05, 0) is 62.6 Å². The SMILES string of the molecule is CC(=O)C1=C(C)NC(SCC(=O)c2ccc(C)c(C)c2)=C(C#N)C1c1ccc(F)cc1. The van der Waals surface area contributed by atoms with E-state index in [4.69, 9.17) is 0 Å². The molecule has 0 bridgehead atoms. The van der Waals surface area contributed by atoms with Gasteiger partial charge in [0.2, 0.25) is 0 Å². The van der Waals surface area contributed by atoms with Crippen LogP contribution in [0.3, 0.4) is 0 Å². The van der Waals surface area contributed by atoms with Crippen LogP contribution in [-0.4, -0.2) is 17.3 Å². The summed E-state index contributed by atoms with van der Waals surface area (Å²) in [6.45, 7) is 7.18. The van der Waals surface area contributed by atoms with Gasteiger partial charge < -0.3 is 5.32 Å². The van der Waals surface area contributed by atoms with Crippen molar-refractivity contribution in [2.45, 2.75) is 33.6 Å². The lowest BCUT2D eigenvalue weighted by atomic mass is 9.81. The molecule has 158 valence electrons. The third kappa shape index (κ3) is 4.78. The van der Waals surface area contributed by atoms with E-state index in [9.17, 15) is 19.2 Å². The second kappa shape index (κ2) is 9.32. The Labute approximate surface area is 185 Å². The van der Waals surface area contributed by atoms with Crippen LogP contribution in [0, 0.1) is 31.0 Å². The van der Waals surface area contributed by atoms with Crippen LogP contribution in [0.25, 0.3) is 0 Å². The maximum atomic E-state index is 13.5. The van der Waals surface area contributed by atoms with E-state index in [0.717, 1.165) is 11.1 Å². The van der Waals surface area contributed by atoms with Crippen molar-refractivity contribution in [2.75, 3.05) is 5.75 Å². The summed E-state index contributed by atoms with van der Waals surface area (Å²) in [5, 5.41) is 13.6. The maximum absolute atomic E-state index is 13.5. The number of hydrogen-bond donors (Lipinski definition) is 1. The lowest BCUT2D eigenvalue weighted by molar-refractivity contribution is -0.113. The van der Waals surface area contributed by atoms with Crippen molar-refractivity contribution in [2.24, 2.45) is 0 Å². The Morgan fingerprint density at radius 1 is 1.10 bits per heavy atom. The number of carbonyl (C=O) groups is 2. The molecule has 0 aliphatic carbocycles. The normalized spacial score (nSPS) is 16.1. The van der Waals surface area contributed by atoms with Gasteiger partial charge in [0.1, 0.15) is 5.82 Å². The van der Waals surface area contributed by atoms with Crippen LogP contribution in [0.1, 0.15) is 46.8 Å². The highest BCUT2D eigenvalue weighted by atomic mass is 32.2. The van der Waals surface area contributed by atoms with Crippen LogP contribution in [0.2, 0.25) is 0 Å². The van der Waals surface area contributed by atoms with Gasteiger partial charge in [-0.25, -0.2) is 4.39 Å². The number of ketones is 2. The summed E-state index contributed by atoms with van der Waals surface area (Å²) < 4.78 is 13.5. The Morgan fingerprint density at radius 2 is 1.77 bits per heavy atom. The van der Waals surface area contributed by atoms with Crippen LogP contribution < -0.4 is 5.32 Å². The van der Waals surface area contributed by atoms with Crippen LogP contribution >= 0.6 is 11.8 Å². The minimum atomic E-state index is -0.608. The molecule has 1 aliphatic rings. The van der Waals surface area contributed by atoms with Crippen molar-refractivity contribution < 1.29 is 14.0 Å². The first-order valence-electron chi connectivity index (χ1n) is 9.84. The molecule has 0 fully saturated rings. The molecule has 0 amide bonds. The highest BCUT2D eigenvalue weighted by Crippen LogP contribution is 2.40. The predicted molar refractivity (Wildman–Crippen MR) is 121 cm³/mol. The molecule has 0 aromatic heterocycles. The van der Waals surface area contributed by atoms with Crippen molar-refractivity contribution in [1.29, 1.82) is 5.26 Å². The molecule has 1 aliphatic heterocycles. The van der Waals surface area contributed by atoms with Crippen molar-refractivity contribution >= 4 is 23.3 Å². The summed E-state index contributed by atoms with van der Waals surface area (Å²) in [7, 11) is 0. The van der Waals surface area contributed by atoms with Crippen LogP contribution in [0.4, 0.5) is 4.39 Å². The van der Waals surface area contributed by atoms with Gasteiger partial charge in [0.05, 0.1) is 28.3 Å². The zero-order valence-corrected chi connectivity index (χ0v) is 18.7. The standard InChI is InChI=1S/C25H23FN2O2S/c1-14-5-6-19(11-15(14)2)22(30)13-31-25-21(12-27)24(18-7-9-20(26)10-8-18)23(17(4)29)16(3)28-25/h5-11,24,28H,13H2,1-4H3. The first kappa shape index (κ1) is 22.5. The number of carbonyl (C=O) groups excluding carboxylic acids is 2.